The van der Waals surface area contributed by atoms with E-state index < -0.39 is 0 Å². The molecule has 2 aromatic rings. The van der Waals surface area contributed by atoms with Crippen LogP contribution in [0, 0.1) is 17.4 Å². The van der Waals surface area contributed by atoms with Crippen molar-refractivity contribution in [2.75, 3.05) is 0 Å². The van der Waals surface area contributed by atoms with E-state index in [9.17, 15) is 9.18 Å². The van der Waals surface area contributed by atoms with Crippen LogP contribution in [0.5, 0.6) is 0 Å². The molecule has 0 aliphatic rings. The van der Waals surface area contributed by atoms with Gasteiger partial charge in [-0.15, -0.1) is 0 Å². The van der Waals surface area contributed by atoms with Gasteiger partial charge in [-0.3, -0.25) is 4.98 Å². The van der Waals surface area contributed by atoms with Crippen molar-refractivity contribution in [1.82, 2.24) is 9.97 Å². The SMILES string of the molecule is Cc1cc2[nH]c(=O)[nH]c(=S)c2cc1F. The predicted molar refractivity (Wildman–Crippen MR) is 54.4 cm³/mol. The standard InChI is InChI=1S/C9H7FN2OS/c1-4-2-7-5(3-6(4)10)8(14)12-9(13)11-7/h2-3H,1H3,(H2,11,12,13,14). The summed E-state index contributed by atoms with van der Waals surface area (Å²) in [5.41, 5.74) is 0.653. The van der Waals surface area contributed by atoms with Gasteiger partial charge in [0.05, 0.1) is 5.52 Å². The Bertz CT molecular complexity index is 614. The Labute approximate surface area is 83.6 Å². The van der Waals surface area contributed by atoms with Crippen molar-refractivity contribution in [3.05, 3.63) is 38.6 Å². The molecule has 0 radical (unpaired) electrons. The highest BCUT2D eigenvalue weighted by molar-refractivity contribution is 7.71. The van der Waals surface area contributed by atoms with Gasteiger partial charge in [-0.25, -0.2) is 9.18 Å². The van der Waals surface area contributed by atoms with Gasteiger partial charge in [-0.1, -0.05) is 12.2 Å². The molecule has 0 amide bonds. The van der Waals surface area contributed by atoms with Crippen LogP contribution in [0.4, 0.5) is 4.39 Å². The second kappa shape index (κ2) is 3.02. The Morgan fingerprint density at radius 2 is 2.07 bits per heavy atom. The van der Waals surface area contributed by atoms with E-state index in [-0.39, 0.29) is 16.1 Å². The van der Waals surface area contributed by atoms with Crippen molar-refractivity contribution in [2.24, 2.45) is 0 Å². The topological polar surface area (TPSA) is 48.6 Å². The van der Waals surface area contributed by atoms with Crippen molar-refractivity contribution in [3.63, 3.8) is 0 Å². The summed E-state index contributed by atoms with van der Waals surface area (Å²) in [4.78, 5) is 16.0. The first-order chi connectivity index (χ1) is 6.58. The highest BCUT2D eigenvalue weighted by atomic mass is 32.1. The molecule has 2 N–H and O–H groups in total. The summed E-state index contributed by atoms with van der Waals surface area (Å²) >= 11 is 4.90. The number of hydrogen-bond donors (Lipinski definition) is 2. The van der Waals surface area contributed by atoms with Gasteiger partial charge >= 0.3 is 5.69 Å². The highest BCUT2D eigenvalue weighted by Gasteiger charge is 2.02. The number of aromatic amines is 2. The summed E-state index contributed by atoms with van der Waals surface area (Å²) in [6.45, 7) is 1.63. The van der Waals surface area contributed by atoms with Gasteiger partial charge in [0.25, 0.3) is 0 Å². The molecular weight excluding hydrogens is 203 g/mol. The molecule has 14 heavy (non-hydrogen) atoms. The number of nitrogens with one attached hydrogen (secondary N) is 2. The molecule has 0 aliphatic carbocycles. The number of fused-ring (bicyclic) bond motifs is 1. The lowest BCUT2D eigenvalue weighted by molar-refractivity contribution is 0.620. The lowest BCUT2D eigenvalue weighted by Crippen LogP contribution is -2.10. The molecule has 0 atom stereocenters. The Morgan fingerprint density at radius 3 is 2.79 bits per heavy atom. The molecule has 5 heteroatoms. The van der Waals surface area contributed by atoms with Gasteiger partial charge in [0.1, 0.15) is 10.5 Å². The third kappa shape index (κ3) is 1.35. The van der Waals surface area contributed by atoms with E-state index in [1.807, 2.05) is 0 Å². The summed E-state index contributed by atoms with van der Waals surface area (Å²) in [6.07, 6.45) is 0. The number of benzene rings is 1. The van der Waals surface area contributed by atoms with E-state index in [1.165, 1.54) is 6.07 Å². The first kappa shape index (κ1) is 9.08. The number of H-pyrrole nitrogens is 2. The Hall–Kier alpha value is -1.49. The molecule has 0 saturated carbocycles. The molecule has 0 unspecified atom stereocenters. The smallest absolute Gasteiger partial charge is 0.307 e. The first-order valence-electron chi connectivity index (χ1n) is 4.00. The third-order valence-electron chi connectivity index (χ3n) is 2.02. The molecule has 0 spiro atoms. The van der Waals surface area contributed by atoms with E-state index in [0.717, 1.165) is 0 Å². The molecule has 1 aromatic heterocycles. The van der Waals surface area contributed by atoms with Crippen molar-refractivity contribution in [3.8, 4) is 0 Å². The van der Waals surface area contributed by atoms with Crippen molar-refractivity contribution < 1.29 is 4.39 Å². The van der Waals surface area contributed by atoms with Gasteiger partial charge < -0.3 is 4.98 Å². The monoisotopic (exact) mass is 210 g/mol. The van der Waals surface area contributed by atoms with Crippen LogP contribution >= 0.6 is 12.2 Å². The van der Waals surface area contributed by atoms with Crippen LogP contribution in [0.25, 0.3) is 10.9 Å². The Kier molecular flexibility index (Phi) is 1.96. The van der Waals surface area contributed by atoms with Crippen LogP contribution in [0.3, 0.4) is 0 Å². The fourth-order valence-corrected chi connectivity index (χ4v) is 1.56. The second-order valence-corrected chi connectivity index (χ2v) is 3.46. The number of hydrogen-bond acceptors (Lipinski definition) is 2. The molecule has 1 aromatic carbocycles. The zero-order chi connectivity index (χ0) is 10.3. The highest BCUT2D eigenvalue weighted by Crippen LogP contribution is 2.15. The lowest BCUT2D eigenvalue weighted by Gasteiger charge is -2.00. The number of aryl methyl sites for hydroxylation is 1. The fraction of sp³-hybridized carbons (Fsp3) is 0.111. The quantitative estimate of drug-likeness (QED) is 0.654. The fourth-order valence-electron chi connectivity index (χ4n) is 1.30. The number of rotatable bonds is 0. The summed E-state index contributed by atoms with van der Waals surface area (Å²) in [7, 11) is 0. The number of halogens is 1. The minimum Gasteiger partial charge on any atom is -0.307 e. The summed E-state index contributed by atoms with van der Waals surface area (Å²) < 4.78 is 13.4. The van der Waals surface area contributed by atoms with Gasteiger partial charge in [0.2, 0.25) is 0 Å². The van der Waals surface area contributed by atoms with Crippen LogP contribution in [0.1, 0.15) is 5.56 Å². The average molecular weight is 210 g/mol. The van der Waals surface area contributed by atoms with Gasteiger partial charge in [-0.05, 0) is 24.6 Å². The minimum atomic E-state index is -0.381. The molecule has 0 saturated heterocycles. The Morgan fingerprint density at radius 1 is 1.36 bits per heavy atom. The van der Waals surface area contributed by atoms with E-state index in [0.29, 0.717) is 16.5 Å². The first-order valence-corrected chi connectivity index (χ1v) is 4.41. The summed E-state index contributed by atoms with van der Waals surface area (Å²) in [5.74, 6) is -0.330. The molecule has 0 aliphatic heterocycles. The third-order valence-corrected chi connectivity index (χ3v) is 2.34. The lowest BCUT2D eigenvalue weighted by atomic mass is 10.1. The van der Waals surface area contributed by atoms with Crippen LogP contribution in [0.15, 0.2) is 16.9 Å². The maximum atomic E-state index is 13.2. The molecular formula is C9H7FN2OS. The van der Waals surface area contributed by atoms with E-state index in [1.54, 1.807) is 13.0 Å². The average Bonchev–Trinajstić information content (AvgIpc) is 2.08. The van der Waals surface area contributed by atoms with Gasteiger partial charge in [-0.2, -0.15) is 0 Å². The minimum absolute atomic E-state index is 0.252. The van der Waals surface area contributed by atoms with Crippen molar-refractivity contribution in [1.29, 1.82) is 0 Å². The van der Waals surface area contributed by atoms with E-state index in [2.05, 4.69) is 9.97 Å². The zero-order valence-electron chi connectivity index (χ0n) is 7.35. The maximum absolute atomic E-state index is 13.2. The van der Waals surface area contributed by atoms with Crippen LogP contribution in [-0.2, 0) is 0 Å². The zero-order valence-corrected chi connectivity index (χ0v) is 8.17. The van der Waals surface area contributed by atoms with Gasteiger partial charge in [0, 0.05) is 5.39 Å². The second-order valence-electron chi connectivity index (χ2n) is 3.06. The van der Waals surface area contributed by atoms with E-state index in [4.69, 9.17) is 12.2 Å². The van der Waals surface area contributed by atoms with Crippen LogP contribution in [0.2, 0.25) is 0 Å². The molecule has 0 fully saturated rings. The van der Waals surface area contributed by atoms with Crippen LogP contribution in [-0.4, -0.2) is 9.97 Å². The van der Waals surface area contributed by atoms with Crippen LogP contribution < -0.4 is 5.69 Å². The van der Waals surface area contributed by atoms with Gasteiger partial charge in [0.15, 0.2) is 0 Å². The molecule has 1 heterocycles. The maximum Gasteiger partial charge on any atom is 0.324 e. The van der Waals surface area contributed by atoms with Crippen molar-refractivity contribution in [2.45, 2.75) is 6.92 Å². The predicted octanol–water partition coefficient (Wildman–Crippen LogP) is 2.03. The molecule has 0 bridgehead atoms. The normalized spacial score (nSPS) is 10.7. The summed E-state index contributed by atoms with van der Waals surface area (Å²) in [6, 6.07) is 2.88. The van der Waals surface area contributed by atoms with E-state index >= 15 is 0 Å². The summed E-state index contributed by atoms with van der Waals surface area (Å²) in [5, 5.41) is 0.516. The largest absolute Gasteiger partial charge is 0.324 e. The molecule has 3 nitrogen and oxygen atoms in total. The molecule has 72 valence electrons. The van der Waals surface area contributed by atoms with Crippen molar-refractivity contribution >= 4 is 23.1 Å². The molecule has 2 rings (SSSR count). The Balaban J connectivity index is 3.03. The number of aromatic nitrogens is 2.